The molecule has 0 bridgehead atoms. The lowest BCUT2D eigenvalue weighted by Gasteiger charge is -2.49. The van der Waals surface area contributed by atoms with Crippen LogP contribution in [0.15, 0.2) is 0 Å². The van der Waals surface area contributed by atoms with E-state index in [0.717, 1.165) is 18.5 Å². The SMILES string of the molecule is CSC1CCCCC12COC2. The molecule has 0 N–H and O–H groups in total. The Kier molecular flexibility index (Phi) is 2.15. The van der Waals surface area contributed by atoms with Gasteiger partial charge in [-0.15, -0.1) is 0 Å². The van der Waals surface area contributed by atoms with Gasteiger partial charge < -0.3 is 4.74 Å². The van der Waals surface area contributed by atoms with Crippen molar-refractivity contribution >= 4 is 11.8 Å². The van der Waals surface area contributed by atoms with Gasteiger partial charge in [-0.2, -0.15) is 11.8 Å². The van der Waals surface area contributed by atoms with Gasteiger partial charge in [-0.3, -0.25) is 0 Å². The van der Waals surface area contributed by atoms with Crippen molar-refractivity contribution in [2.24, 2.45) is 5.41 Å². The molecule has 1 atom stereocenters. The summed E-state index contributed by atoms with van der Waals surface area (Å²) in [6.07, 6.45) is 7.95. The van der Waals surface area contributed by atoms with Crippen molar-refractivity contribution in [2.75, 3.05) is 19.5 Å². The smallest absolute Gasteiger partial charge is 0.0555 e. The second-order valence-corrected chi connectivity index (χ2v) is 4.87. The van der Waals surface area contributed by atoms with Gasteiger partial charge in [-0.1, -0.05) is 12.8 Å². The zero-order chi connectivity index (χ0) is 7.73. The van der Waals surface area contributed by atoms with Crippen molar-refractivity contribution < 1.29 is 4.74 Å². The van der Waals surface area contributed by atoms with Crippen molar-refractivity contribution in [3.05, 3.63) is 0 Å². The van der Waals surface area contributed by atoms with E-state index in [1.54, 1.807) is 0 Å². The van der Waals surface area contributed by atoms with E-state index < -0.39 is 0 Å². The van der Waals surface area contributed by atoms with Crippen LogP contribution in [0.2, 0.25) is 0 Å². The molecule has 1 saturated carbocycles. The van der Waals surface area contributed by atoms with Crippen LogP contribution in [-0.2, 0) is 4.74 Å². The highest BCUT2D eigenvalue weighted by atomic mass is 32.2. The summed E-state index contributed by atoms with van der Waals surface area (Å²) < 4.78 is 5.33. The molecule has 64 valence electrons. The number of rotatable bonds is 1. The zero-order valence-electron chi connectivity index (χ0n) is 7.14. The summed E-state index contributed by atoms with van der Waals surface area (Å²) in [6, 6.07) is 0. The topological polar surface area (TPSA) is 9.23 Å². The van der Waals surface area contributed by atoms with Gasteiger partial charge in [0, 0.05) is 10.7 Å². The quantitative estimate of drug-likeness (QED) is 0.600. The van der Waals surface area contributed by atoms with Gasteiger partial charge in [-0.05, 0) is 19.1 Å². The maximum Gasteiger partial charge on any atom is 0.0555 e. The molecule has 0 radical (unpaired) electrons. The van der Waals surface area contributed by atoms with Gasteiger partial charge in [0.2, 0.25) is 0 Å². The number of hydrogen-bond acceptors (Lipinski definition) is 2. The van der Waals surface area contributed by atoms with Crippen molar-refractivity contribution in [2.45, 2.75) is 30.9 Å². The van der Waals surface area contributed by atoms with Crippen LogP contribution < -0.4 is 0 Å². The predicted octanol–water partition coefficient (Wildman–Crippen LogP) is 2.31. The van der Waals surface area contributed by atoms with Gasteiger partial charge in [0.1, 0.15) is 0 Å². The van der Waals surface area contributed by atoms with Crippen molar-refractivity contribution in [3.8, 4) is 0 Å². The fraction of sp³-hybridized carbons (Fsp3) is 1.00. The summed E-state index contributed by atoms with van der Waals surface area (Å²) in [5, 5.41) is 0.894. The van der Waals surface area contributed by atoms with E-state index in [1.165, 1.54) is 25.7 Å². The van der Waals surface area contributed by atoms with E-state index >= 15 is 0 Å². The maximum absolute atomic E-state index is 5.33. The fourth-order valence-corrected chi connectivity index (χ4v) is 3.49. The van der Waals surface area contributed by atoms with Crippen LogP contribution in [0.25, 0.3) is 0 Å². The Labute approximate surface area is 72.9 Å². The first-order valence-electron chi connectivity index (χ1n) is 4.48. The molecule has 1 spiro atoms. The lowest BCUT2D eigenvalue weighted by molar-refractivity contribution is -0.126. The van der Waals surface area contributed by atoms with Gasteiger partial charge in [0.25, 0.3) is 0 Å². The lowest BCUT2D eigenvalue weighted by Crippen LogP contribution is -2.51. The van der Waals surface area contributed by atoms with Crippen LogP contribution in [0.1, 0.15) is 25.7 Å². The molecule has 1 nitrogen and oxygen atoms in total. The van der Waals surface area contributed by atoms with E-state index in [9.17, 15) is 0 Å². The molecule has 1 heterocycles. The van der Waals surface area contributed by atoms with E-state index in [0.29, 0.717) is 5.41 Å². The Morgan fingerprint density at radius 2 is 2.18 bits per heavy atom. The molecule has 0 amide bonds. The molecule has 2 fully saturated rings. The molecule has 1 aliphatic carbocycles. The minimum atomic E-state index is 0.609. The van der Waals surface area contributed by atoms with Crippen molar-refractivity contribution in [1.29, 1.82) is 0 Å². The molecule has 0 aromatic rings. The van der Waals surface area contributed by atoms with Crippen LogP contribution in [0, 0.1) is 5.41 Å². The highest BCUT2D eigenvalue weighted by Gasteiger charge is 2.46. The van der Waals surface area contributed by atoms with Crippen LogP contribution >= 0.6 is 11.8 Å². The van der Waals surface area contributed by atoms with E-state index in [1.807, 2.05) is 11.8 Å². The highest BCUT2D eigenvalue weighted by Crippen LogP contribution is 2.47. The van der Waals surface area contributed by atoms with Gasteiger partial charge in [0.05, 0.1) is 13.2 Å². The molecular formula is C9H16OS. The molecule has 1 unspecified atom stereocenters. The molecule has 2 rings (SSSR count). The predicted molar refractivity (Wildman–Crippen MR) is 49.0 cm³/mol. The number of thioether (sulfide) groups is 1. The van der Waals surface area contributed by atoms with Crippen LogP contribution in [-0.4, -0.2) is 24.7 Å². The molecule has 0 aromatic heterocycles. The largest absolute Gasteiger partial charge is 0.380 e. The zero-order valence-corrected chi connectivity index (χ0v) is 7.95. The molecule has 1 aliphatic heterocycles. The first-order chi connectivity index (χ1) is 5.37. The third-order valence-corrected chi connectivity index (χ3v) is 4.44. The van der Waals surface area contributed by atoms with Gasteiger partial charge in [-0.25, -0.2) is 0 Å². The summed E-state index contributed by atoms with van der Waals surface area (Å²) in [6.45, 7) is 2.08. The van der Waals surface area contributed by atoms with Crippen LogP contribution in [0.3, 0.4) is 0 Å². The second kappa shape index (κ2) is 2.98. The van der Waals surface area contributed by atoms with Crippen molar-refractivity contribution in [3.63, 3.8) is 0 Å². The van der Waals surface area contributed by atoms with E-state index in [4.69, 9.17) is 4.74 Å². The van der Waals surface area contributed by atoms with Crippen molar-refractivity contribution in [1.82, 2.24) is 0 Å². The first kappa shape index (κ1) is 7.93. The summed E-state index contributed by atoms with van der Waals surface area (Å²) in [5.74, 6) is 0. The minimum Gasteiger partial charge on any atom is -0.380 e. The normalized spacial score (nSPS) is 35.2. The molecule has 2 aliphatic rings. The van der Waals surface area contributed by atoms with Crippen LogP contribution in [0.5, 0.6) is 0 Å². The second-order valence-electron chi connectivity index (χ2n) is 3.83. The van der Waals surface area contributed by atoms with Crippen LogP contribution in [0.4, 0.5) is 0 Å². The maximum atomic E-state index is 5.33. The number of hydrogen-bond donors (Lipinski definition) is 0. The van der Waals surface area contributed by atoms with E-state index in [2.05, 4.69) is 6.26 Å². The molecule has 2 heteroatoms. The minimum absolute atomic E-state index is 0.609. The summed E-state index contributed by atoms with van der Waals surface area (Å²) in [5.41, 5.74) is 0.609. The Balaban J connectivity index is 2.02. The summed E-state index contributed by atoms with van der Waals surface area (Å²) in [4.78, 5) is 0. The first-order valence-corrected chi connectivity index (χ1v) is 5.77. The monoisotopic (exact) mass is 172 g/mol. The summed E-state index contributed by atoms with van der Waals surface area (Å²) >= 11 is 2.05. The lowest BCUT2D eigenvalue weighted by atomic mass is 9.72. The fourth-order valence-electron chi connectivity index (χ4n) is 2.34. The Morgan fingerprint density at radius 1 is 1.36 bits per heavy atom. The standard InChI is InChI=1S/C9H16OS/c1-11-8-4-2-3-5-9(8)6-10-7-9/h8H,2-7H2,1H3. The Hall–Kier alpha value is 0.310. The highest BCUT2D eigenvalue weighted by molar-refractivity contribution is 7.99. The molecular weight excluding hydrogens is 156 g/mol. The Bertz CT molecular complexity index is 142. The number of ether oxygens (including phenoxy) is 1. The molecule has 11 heavy (non-hydrogen) atoms. The molecule has 0 aromatic carbocycles. The average Bonchev–Trinajstić information content (AvgIpc) is 2.01. The van der Waals surface area contributed by atoms with Gasteiger partial charge in [0.15, 0.2) is 0 Å². The third-order valence-electron chi connectivity index (χ3n) is 3.14. The molecule has 1 saturated heterocycles. The summed E-state index contributed by atoms with van der Waals surface area (Å²) in [7, 11) is 0. The van der Waals surface area contributed by atoms with E-state index in [-0.39, 0.29) is 0 Å². The Morgan fingerprint density at radius 3 is 2.64 bits per heavy atom. The van der Waals surface area contributed by atoms with Gasteiger partial charge >= 0.3 is 0 Å². The average molecular weight is 172 g/mol. The third kappa shape index (κ3) is 1.20.